The Bertz CT molecular complexity index is 803. The van der Waals surface area contributed by atoms with Crippen molar-refractivity contribution in [3.05, 3.63) is 54.3 Å². The fourth-order valence-electron chi connectivity index (χ4n) is 1.82. The third kappa shape index (κ3) is 4.79. The summed E-state index contributed by atoms with van der Waals surface area (Å²) in [6.45, 7) is 1.54. The molecule has 5 nitrogen and oxygen atoms in total. The number of carbonyl (C=O) groups is 1. The zero-order valence-corrected chi connectivity index (χ0v) is 13.4. The van der Waals surface area contributed by atoms with Crippen LogP contribution >= 0.6 is 0 Å². The predicted octanol–water partition coefficient (Wildman–Crippen LogP) is 2.64. The van der Waals surface area contributed by atoms with E-state index >= 15 is 0 Å². The van der Waals surface area contributed by atoms with Gasteiger partial charge in [0.1, 0.15) is 11.6 Å². The van der Waals surface area contributed by atoms with E-state index in [9.17, 15) is 17.6 Å². The molecule has 0 saturated carbocycles. The minimum Gasteiger partial charge on any atom is -0.481 e. The van der Waals surface area contributed by atoms with E-state index in [2.05, 4.69) is 5.32 Å². The molecule has 0 aliphatic heterocycles. The van der Waals surface area contributed by atoms with Crippen molar-refractivity contribution >= 4 is 21.4 Å². The van der Waals surface area contributed by atoms with Gasteiger partial charge in [-0.3, -0.25) is 4.79 Å². The van der Waals surface area contributed by atoms with Gasteiger partial charge in [0.2, 0.25) is 0 Å². The highest BCUT2D eigenvalue weighted by Crippen LogP contribution is 2.17. The van der Waals surface area contributed by atoms with E-state index in [0.29, 0.717) is 11.4 Å². The molecular weight excluding hydrogens is 321 g/mol. The molecule has 1 amide bonds. The van der Waals surface area contributed by atoms with Crippen LogP contribution in [0.4, 0.5) is 10.1 Å². The Balaban J connectivity index is 2.05. The molecule has 0 heterocycles. The van der Waals surface area contributed by atoms with Gasteiger partial charge in [-0.15, -0.1) is 0 Å². The van der Waals surface area contributed by atoms with Gasteiger partial charge in [-0.05, 0) is 49.4 Å². The SMILES string of the molecule is C[C@@H](Oc1ccc(F)cc1)C(=O)Nc1cccc(S(C)(=O)=O)c1. The quantitative estimate of drug-likeness (QED) is 0.910. The molecule has 0 aliphatic carbocycles. The van der Waals surface area contributed by atoms with E-state index < -0.39 is 27.7 Å². The van der Waals surface area contributed by atoms with Crippen LogP contribution in [0.1, 0.15) is 6.92 Å². The van der Waals surface area contributed by atoms with Crippen LogP contribution in [0.2, 0.25) is 0 Å². The van der Waals surface area contributed by atoms with Crippen molar-refractivity contribution < 1.29 is 22.3 Å². The fraction of sp³-hybridized carbons (Fsp3) is 0.188. The number of ether oxygens (including phenoxy) is 1. The molecule has 2 rings (SSSR count). The molecule has 0 unspecified atom stereocenters. The molecule has 1 N–H and O–H groups in total. The van der Waals surface area contributed by atoms with Crippen molar-refractivity contribution in [2.75, 3.05) is 11.6 Å². The van der Waals surface area contributed by atoms with Crippen LogP contribution in [0.3, 0.4) is 0 Å². The van der Waals surface area contributed by atoms with E-state index in [4.69, 9.17) is 4.74 Å². The number of hydrogen-bond donors (Lipinski definition) is 1. The van der Waals surface area contributed by atoms with Crippen molar-refractivity contribution in [2.45, 2.75) is 17.9 Å². The second-order valence-corrected chi connectivity index (χ2v) is 7.02. The molecule has 23 heavy (non-hydrogen) atoms. The zero-order chi connectivity index (χ0) is 17.0. The molecule has 122 valence electrons. The van der Waals surface area contributed by atoms with Crippen LogP contribution in [-0.2, 0) is 14.6 Å². The second-order valence-electron chi connectivity index (χ2n) is 5.00. The maximum Gasteiger partial charge on any atom is 0.265 e. The first-order chi connectivity index (χ1) is 10.8. The van der Waals surface area contributed by atoms with Crippen LogP contribution in [0.5, 0.6) is 5.75 Å². The zero-order valence-electron chi connectivity index (χ0n) is 12.6. The number of amides is 1. The van der Waals surface area contributed by atoms with Gasteiger partial charge >= 0.3 is 0 Å². The number of hydrogen-bond acceptors (Lipinski definition) is 4. The van der Waals surface area contributed by atoms with E-state index in [0.717, 1.165) is 6.26 Å². The third-order valence-electron chi connectivity index (χ3n) is 3.03. The normalized spacial score (nSPS) is 12.5. The van der Waals surface area contributed by atoms with Crippen LogP contribution in [0.25, 0.3) is 0 Å². The fourth-order valence-corrected chi connectivity index (χ4v) is 2.49. The number of benzene rings is 2. The summed E-state index contributed by atoms with van der Waals surface area (Å²) in [4.78, 5) is 12.2. The average molecular weight is 337 g/mol. The summed E-state index contributed by atoms with van der Waals surface area (Å²) in [5.41, 5.74) is 0.354. The minimum absolute atomic E-state index is 0.113. The lowest BCUT2D eigenvalue weighted by atomic mass is 10.3. The Kier molecular flexibility index (Phi) is 5.00. The topological polar surface area (TPSA) is 72.5 Å². The Hall–Kier alpha value is -2.41. The summed E-state index contributed by atoms with van der Waals surface area (Å²) >= 11 is 0. The number of sulfone groups is 1. The van der Waals surface area contributed by atoms with Crippen molar-refractivity contribution in [3.63, 3.8) is 0 Å². The van der Waals surface area contributed by atoms with Crippen LogP contribution in [0, 0.1) is 5.82 Å². The first kappa shape index (κ1) is 17.0. The smallest absolute Gasteiger partial charge is 0.265 e. The maximum absolute atomic E-state index is 12.8. The van der Waals surface area contributed by atoms with Crippen molar-refractivity contribution in [1.82, 2.24) is 0 Å². The number of nitrogens with one attached hydrogen (secondary N) is 1. The van der Waals surface area contributed by atoms with Crippen molar-refractivity contribution in [1.29, 1.82) is 0 Å². The Morgan fingerprint density at radius 3 is 2.43 bits per heavy atom. The lowest BCUT2D eigenvalue weighted by Crippen LogP contribution is -2.30. The largest absolute Gasteiger partial charge is 0.481 e. The van der Waals surface area contributed by atoms with Gasteiger partial charge in [0.15, 0.2) is 15.9 Å². The van der Waals surface area contributed by atoms with Crippen molar-refractivity contribution in [2.24, 2.45) is 0 Å². The molecule has 0 aromatic heterocycles. The van der Waals surface area contributed by atoms with Crippen LogP contribution in [0.15, 0.2) is 53.4 Å². The summed E-state index contributed by atoms with van der Waals surface area (Å²) in [6.07, 6.45) is 0.260. The molecule has 0 spiro atoms. The average Bonchev–Trinajstić information content (AvgIpc) is 2.49. The predicted molar refractivity (Wildman–Crippen MR) is 84.7 cm³/mol. The van der Waals surface area contributed by atoms with E-state index in [1.165, 1.54) is 42.5 Å². The highest BCUT2D eigenvalue weighted by atomic mass is 32.2. The molecule has 0 saturated heterocycles. The first-order valence-corrected chi connectivity index (χ1v) is 8.68. The number of carbonyl (C=O) groups excluding carboxylic acids is 1. The second kappa shape index (κ2) is 6.78. The summed E-state index contributed by atoms with van der Waals surface area (Å²) in [5, 5.41) is 2.58. The maximum atomic E-state index is 12.8. The lowest BCUT2D eigenvalue weighted by Gasteiger charge is -2.15. The van der Waals surface area contributed by atoms with Gasteiger partial charge in [0.05, 0.1) is 4.90 Å². The summed E-state index contributed by atoms with van der Waals surface area (Å²) in [7, 11) is -3.35. The van der Waals surface area contributed by atoms with Gasteiger partial charge in [-0.25, -0.2) is 12.8 Å². The summed E-state index contributed by atoms with van der Waals surface area (Å²) in [5.74, 6) is -0.481. The first-order valence-electron chi connectivity index (χ1n) is 6.79. The number of anilines is 1. The van der Waals surface area contributed by atoms with E-state index in [1.54, 1.807) is 13.0 Å². The molecule has 2 aromatic carbocycles. The molecule has 0 fully saturated rings. The van der Waals surface area contributed by atoms with Crippen LogP contribution in [-0.4, -0.2) is 26.7 Å². The molecule has 0 bridgehead atoms. The van der Waals surface area contributed by atoms with E-state index in [1.807, 2.05) is 0 Å². The molecule has 0 radical (unpaired) electrons. The molecule has 7 heteroatoms. The summed E-state index contributed by atoms with van der Waals surface area (Å²) in [6, 6.07) is 11.2. The highest BCUT2D eigenvalue weighted by molar-refractivity contribution is 7.90. The van der Waals surface area contributed by atoms with Crippen molar-refractivity contribution in [3.8, 4) is 5.75 Å². The van der Waals surface area contributed by atoms with Gasteiger partial charge < -0.3 is 10.1 Å². The molecule has 0 aliphatic rings. The lowest BCUT2D eigenvalue weighted by molar-refractivity contribution is -0.122. The third-order valence-corrected chi connectivity index (χ3v) is 4.14. The minimum atomic E-state index is -3.35. The monoisotopic (exact) mass is 337 g/mol. The number of rotatable bonds is 5. The highest BCUT2D eigenvalue weighted by Gasteiger charge is 2.16. The van der Waals surface area contributed by atoms with Gasteiger partial charge in [-0.2, -0.15) is 0 Å². The Labute approximate surface area is 134 Å². The van der Waals surface area contributed by atoms with Gasteiger partial charge in [0.25, 0.3) is 5.91 Å². The molecular formula is C16H16FNO4S. The summed E-state index contributed by atoms with van der Waals surface area (Å²) < 4.78 is 41.2. The molecule has 1 atom stereocenters. The molecule has 2 aromatic rings. The van der Waals surface area contributed by atoms with Gasteiger partial charge in [0, 0.05) is 11.9 Å². The van der Waals surface area contributed by atoms with Gasteiger partial charge in [-0.1, -0.05) is 6.07 Å². The standard InChI is InChI=1S/C16H16FNO4S/c1-11(22-14-8-6-12(17)7-9-14)16(19)18-13-4-3-5-15(10-13)23(2,20)21/h3-11H,1-2H3,(H,18,19)/t11-/m1/s1. The Morgan fingerprint density at radius 2 is 1.83 bits per heavy atom. The van der Waals surface area contributed by atoms with E-state index in [-0.39, 0.29) is 4.90 Å². The number of halogens is 1. The van der Waals surface area contributed by atoms with Crippen LogP contribution < -0.4 is 10.1 Å². The Morgan fingerprint density at radius 1 is 1.17 bits per heavy atom.